The molecule has 39 heavy (non-hydrogen) atoms. The van der Waals surface area contributed by atoms with Crippen LogP contribution >= 0.6 is 11.3 Å². The predicted molar refractivity (Wildman–Crippen MR) is 148 cm³/mol. The molecule has 1 N–H and O–H groups in total. The molecule has 10 heteroatoms. The lowest BCUT2D eigenvalue weighted by atomic mass is 10.1. The number of nitrogens with zero attached hydrogens (tertiary/aromatic N) is 3. The molecule has 0 saturated carbocycles. The summed E-state index contributed by atoms with van der Waals surface area (Å²) in [5.41, 5.74) is 2.55. The molecule has 0 atom stereocenters. The first-order chi connectivity index (χ1) is 18.8. The molecule has 0 bridgehead atoms. The number of ether oxygens (including phenoxy) is 1. The highest BCUT2D eigenvalue weighted by Crippen LogP contribution is 2.38. The van der Waals surface area contributed by atoms with Gasteiger partial charge in [-0.3, -0.25) is 14.6 Å². The number of alkyl halides is 3. The number of nitrogens with one attached hydrogen (secondary N) is 1. The summed E-state index contributed by atoms with van der Waals surface area (Å²) in [6, 6.07) is 15.4. The number of thiazole rings is 1. The zero-order chi connectivity index (χ0) is 27.8. The van der Waals surface area contributed by atoms with Crippen molar-refractivity contribution in [3.8, 4) is 10.6 Å². The van der Waals surface area contributed by atoms with E-state index < -0.39 is 22.7 Å². The summed E-state index contributed by atoms with van der Waals surface area (Å²) in [5, 5.41) is 2.89. The normalized spacial score (nSPS) is 14.6. The number of hydrogen-bond acceptors (Lipinski definition) is 6. The number of hydrogen-bond donors (Lipinski definition) is 1. The Morgan fingerprint density at radius 3 is 2.51 bits per heavy atom. The van der Waals surface area contributed by atoms with Crippen LogP contribution in [0.25, 0.3) is 10.6 Å². The molecule has 1 aliphatic rings. The molecule has 1 aliphatic heterocycles. The fraction of sp³-hybridized carbons (Fsp3) is 0.448. The first-order valence-corrected chi connectivity index (χ1v) is 14.1. The third-order valence-electron chi connectivity index (χ3n) is 6.84. The van der Waals surface area contributed by atoms with Crippen LogP contribution < -0.4 is 5.32 Å². The summed E-state index contributed by atoms with van der Waals surface area (Å²) in [6.45, 7) is 10.6. The number of aromatic nitrogens is 1. The molecule has 0 radical (unpaired) electrons. The maximum atomic E-state index is 13.9. The Balaban J connectivity index is 1.46. The van der Waals surface area contributed by atoms with Crippen LogP contribution in [-0.2, 0) is 30.4 Å². The monoisotopic (exact) mass is 560 g/mol. The summed E-state index contributed by atoms with van der Waals surface area (Å²) in [5.74, 6) is -0.753. The van der Waals surface area contributed by atoms with E-state index >= 15 is 0 Å². The molecule has 1 amide bonds. The number of rotatable bonds is 11. The third-order valence-corrected chi connectivity index (χ3v) is 7.93. The van der Waals surface area contributed by atoms with Gasteiger partial charge in [-0.15, -0.1) is 11.3 Å². The number of carbonyl (C=O) groups is 1. The standard InChI is InChI=1S/C29H35F3N4O2S/c1-3-35(4-2)20-23-10-5-6-11-24(23)28-34-26(29(30,31)32)25(39-28)27(37)33-13-12-21-8-7-9-22(18-21)19-36-14-16-38-17-15-36/h5-11,18H,3-4,12-17,19-20H2,1-2H3,(H,33,37). The van der Waals surface area contributed by atoms with Gasteiger partial charge in [0, 0.05) is 38.3 Å². The number of halogens is 3. The van der Waals surface area contributed by atoms with Crippen LogP contribution in [0.3, 0.4) is 0 Å². The fourth-order valence-electron chi connectivity index (χ4n) is 4.64. The number of carbonyl (C=O) groups excluding carboxylic acids is 1. The average molecular weight is 561 g/mol. The highest BCUT2D eigenvalue weighted by Gasteiger charge is 2.40. The minimum Gasteiger partial charge on any atom is -0.379 e. The highest BCUT2D eigenvalue weighted by molar-refractivity contribution is 7.17. The lowest BCUT2D eigenvalue weighted by molar-refractivity contribution is -0.141. The van der Waals surface area contributed by atoms with Crippen molar-refractivity contribution in [2.45, 2.75) is 39.5 Å². The molecular formula is C29H35F3N4O2S. The van der Waals surface area contributed by atoms with Gasteiger partial charge in [-0.05, 0) is 36.2 Å². The van der Waals surface area contributed by atoms with Crippen LogP contribution in [0, 0.1) is 0 Å². The number of morpholine rings is 1. The van der Waals surface area contributed by atoms with Gasteiger partial charge in [0.2, 0.25) is 0 Å². The maximum absolute atomic E-state index is 13.9. The van der Waals surface area contributed by atoms with Crippen molar-refractivity contribution in [2.24, 2.45) is 0 Å². The van der Waals surface area contributed by atoms with E-state index in [2.05, 4.69) is 32.2 Å². The Labute approximate surface area is 231 Å². The van der Waals surface area contributed by atoms with E-state index in [1.807, 2.05) is 38.1 Å². The molecule has 2 aromatic carbocycles. The smallest absolute Gasteiger partial charge is 0.379 e. The summed E-state index contributed by atoms with van der Waals surface area (Å²) >= 11 is 0.795. The minimum atomic E-state index is -4.73. The van der Waals surface area contributed by atoms with Crippen LogP contribution in [0.5, 0.6) is 0 Å². The SMILES string of the molecule is CCN(CC)Cc1ccccc1-c1nc(C(F)(F)F)c(C(=O)NCCc2cccc(CN3CCOCC3)c2)s1. The number of benzene rings is 2. The molecule has 2 heterocycles. The molecule has 4 rings (SSSR count). The minimum absolute atomic E-state index is 0.200. The molecule has 1 fully saturated rings. The van der Waals surface area contributed by atoms with Crippen LogP contribution in [0.2, 0.25) is 0 Å². The quantitative estimate of drug-likeness (QED) is 0.337. The van der Waals surface area contributed by atoms with Gasteiger partial charge in [-0.2, -0.15) is 13.2 Å². The Kier molecular flexibility index (Phi) is 10.1. The van der Waals surface area contributed by atoms with Gasteiger partial charge < -0.3 is 10.1 Å². The third kappa shape index (κ3) is 7.88. The number of amides is 1. The lowest BCUT2D eigenvalue weighted by Gasteiger charge is -2.26. The van der Waals surface area contributed by atoms with Gasteiger partial charge in [-0.25, -0.2) is 4.98 Å². The maximum Gasteiger partial charge on any atom is 0.435 e. The van der Waals surface area contributed by atoms with E-state index in [-0.39, 0.29) is 11.6 Å². The second-order valence-electron chi connectivity index (χ2n) is 9.53. The van der Waals surface area contributed by atoms with E-state index in [0.717, 1.165) is 74.0 Å². The van der Waals surface area contributed by atoms with Crippen LogP contribution in [-0.4, -0.2) is 66.6 Å². The summed E-state index contributed by atoms with van der Waals surface area (Å²) in [7, 11) is 0. The van der Waals surface area contributed by atoms with E-state index in [9.17, 15) is 18.0 Å². The highest BCUT2D eigenvalue weighted by atomic mass is 32.1. The molecule has 0 unspecified atom stereocenters. The molecule has 0 spiro atoms. The predicted octanol–water partition coefficient (Wildman–Crippen LogP) is 5.48. The van der Waals surface area contributed by atoms with Gasteiger partial charge in [0.15, 0.2) is 5.69 Å². The molecule has 1 saturated heterocycles. The van der Waals surface area contributed by atoms with E-state index in [0.29, 0.717) is 18.5 Å². The largest absolute Gasteiger partial charge is 0.435 e. The Morgan fingerprint density at radius 1 is 1.08 bits per heavy atom. The van der Waals surface area contributed by atoms with Crippen molar-refractivity contribution in [1.82, 2.24) is 20.1 Å². The molecule has 6 nitrogen and oxygen atoms in total. The van der Waals surface area contributed by atoms with Crippen molar-refractivity contribution in [2.75, 3.05) is 45.9 Å². The van der Waals surface area contributed by atoms with Crippen LogP contribution in [0.1, 0.15) is 45.9 Å². The van der Waals surface area contributed by atoms with E-state index in [4.69, 9.17) is 4.74 Å². The van der Waals surface area contributed by atoms with Gasteiger partial charge >= 0.3 is 6.18 Å². The second kappa shape index (κ2) is 13.5. The van der Waals surface area contributed by atoms with Gasteiger partial charge in [0.05, 0.1) is 13.2 Å². The molecular weight excluding hydrogens is 525 g/mol. The van der Waals surface area contributed by atoms with Crippen molar-refractivity contribution in [1.29, 1.82) is 0 Å². The summed E-state index contributed by atoms with van der Waals surface area (Å²) < 4.78 is 47.2. The zero-order valence-electron chi connectivity index (χ0n) is 22.4. The topological polar surface area (TPSA) is 57.7 Å². The molecule has 3 aromatic rings. The fourth-order valence-corrected chi connectivity index (χ4v) is 5.70. The summed E-state index contributed by atoms with van der Waals surface area (Å²) in [4.78, 5) is 21.0. The summed E-state index contributed by atoms with van der Waals surface area (Å²) in [6.07, 6.45) is -4.22. The first kappa shape index (κ1) is 29.2. The molecule has 0 aliphatic carbocycles. The first-order valence-electron chi connectivity index (χ1n) is 13.3. The van der Waals surface area contributed by atoms with Crippen LogP contribution in [0.15, 0.2) is 48.5 Å². The van der Waals surface area contributed by atoms with Gasteiger partial charge in [-0.1, -0.05) is 62.4 Å². The zero-order valence-corrected chi connectivity index (χ0v) is 23.2. The van der Waals surface area contributed by atoms with E-state index in [1.54, 1.807) is 12.1 Å². The second-order valence-corrected chi connectivity index (χ2v) is 10.5. The van der Waals surface area contributed by atoms with Crippen molar-refractivity contribution in [3.05, 3.63) is 75.8 Å². The van der Waals surface area contributed by atoms with Crippen molar-refractivity contribution in [3.63, 3.8) is 0 Å². The van der Waals surface area contributed by atoms with Crippen molar-refractivity contribution < 1.29 is 22.7 Å². The van der Waals surface area contributed by atoms with Gasteiger partial charge in [0.1, 0.15) is 9.88 Å². The Hall–Kier alpha value is -2.79. The Morgan fingerprint density at radius 2 is 1.79 bits per heavy atom. The Bertz CT molecular complexity index is 1240. The molecule has 1 aromatic heterocycles. The van der Waals surface area contributed by atoms with E-state index in [1.165, 1.54) is 0 Å². The lowest BCUT2D eigenvalue weighted by Crippen LogP contribution is -2.35. The average Bonchev–Trinajstić information content (AvgIpc) is 3.39. The van der Waals surface area contributed by atoms with Crippen LogP contribution in [0.4, 0.5) is 13.2 Å². The molecule has 210 valence electrons. The van der Waals surface area contributed by atoms with Crippen molar-refractivity contribution >= 4 is 17.2 Å². The van der Waals surface area contributed by atoms with Gasteiger partial charge in [0.25, 0.3) is 5.91 Å².